The van der Waals surface area contributed by atoms with Crippen LogP contribution in [0.15, 0.2) is 131 Å². The predicted molar refractivity (Wildman–Crippen MR) is 348 cm³/mol. The van der Waals surface area contributed by atoms with Gasteiger partial charge in [0.15, 0.2) is 16.0 Å². The minimum atomic E-state index is -4.79. The van der Waals surface area contributed by atoms with E-state index in [0.717, 1.165) is 114 Å². The Bertz CT molecular complexity index is 4000. The molecule has 10 rings (SSSR count). The van der Waals surface area contributed by atoms with Gasteiger partial charge in [-0.1, -0.05) is 12.1 Å². The molecule has 8 aromatic rings. The Morgan fingerprint density at radius 3 is 1.35 bits per heavy atom. The van der Waals surface area contributed by atoms with Gasteiger partial charge in [-0.15, -0.1) is 62.2 Å². The van der Waals surface area contributed by atoms with Gasteiger partial charge in [0, 0.05) is 86.9 Å². The molecule has 0 saturated carbocycles. The van der Waals surface area contributed by atoms with E-state index in [1.165, 1.54) is 58.8 Å². The highest BCUT2D eigenvalue weighted by atomic mass is 32.1. The van der Waals surface area contributed by atoms with Gasteiger partial charge in [0.25, 0.3) is 11.6 Å². The van der Waals surface area contributed by atoms with Crippen LogP contribution in [-0.4, -0.2) is 155 Å². The molecule has 0 bridgehead atoms. The zero-order valence-electron chi connectivity index (χ0n) is 52.6. The number of aromatic nitrogens is 5. The molecule has 5 aromatic heterocycles. The topological polar surface area (TPSA) is 338 Å². The molecule has 0 radical (unpaired) electrons. The predicted octanol–water partition coefficient (Wildman–Crippen LogP) is 12.8. The Labute approximate surface area is 573 Å². The van der Waals surface area contributed by atoms with Crippen LogP contribution in [0.1, 0.15) is 56.4 Å². The van der Waals surface area contributed by atoms with Crippen molar-refractivity contribution in [2.24, 2.45) is 4.99 Å². The molecule has 40 heteroatoms. The Hall–Kier alpha value is -11.1. The maximum atomic E-state index is 12.8. The van der Waals surface area contributed by atoms with Gasteiger partial charge >= 0.3 is 48.2 Å². The highest BCUT2D eigenvalue weighted by Gasteiger charge is 2.33. The second-order valence-corrected chi connectivity index (χ2v) is 22.3. The lowest BCUT2D eigenvalue weighted by atomic mass is 10.2. The number of amides is 5. The van der Waals surface area contributed by atoms with Gasteiger partial charge < -0.3 is 64.4 Å². The van der Waals surface area contributed by atoms with Crippen LogP contribution < -0.4 is 50.6 Å². The van der Waals surface area contributed by atoms with Gasteiger partial charge in [-0.3, -0.25) is 15.4 Å². The molecule has 7 heterocycles. The number of halogens is 9. The molecule has 5 N–H and O–H groups in total. The Balaban J connectivity index is 0.000000211. The summed E-state index contributed by atoms with van der Waals surface area (Å²) in [5, 5.41) is 27.7. The first-order chi connectivity index (χ1) is 47.4. The standard InChI is InChI=1S/C22H21F3N6O3S.C14H12F3N3O4S.C10H15N3.C8H4F3NO2.C6H6N2O4S/c1-14-2-7-18(26-12-14)30-8-10-31(11-9-30)19(32)17-13-35-21(28-17)29-20(33)27-15-3-5-16(6-4-15)34-22(23,24)25;1-2-23-11(21)10-7-25-13(19-10)20-12(22)18-8-3-5-9(6-4-8)24-14(15,16)17;1-9-2-3-10(12-8-9)13-6-4-11-5-7-13;9-8(10,11)14-7-3-1-6(2-4-7)12-5-13;1-2-12-5(9)4-3-13-6(7-4)8(10)11/h2-7,12-13H,8-11H2,1H3,(H2,27,28,29,33);3-7H,2H2,1H3,(H2,18,19,20,22);2-3,8,11H,4-7H2,1H3;1-4H;3H,2H2,1H3. The van der Waals surface area contributed by atoms with Crippen LogP contribution in [0.3, 0.4) is 0 Å². The molecule has 0 atom stereocenters. The molecule has 5 amide bonds. The molecule has 2 saturated heterocycles. The summed E-state index contributed by atoms with van der Waals surface area (Å²) in [5.41, 5.74) is 3.29. The average Bonchev–Trinajstić information content (AvgIpc) is 1.52. The molecule has 100 heavy (non-hydrogen) atoms. The summed E-state index contributed by atoms with van der Waals surface area (Å²) in [6.45, 7) is 14.4. The van der Waals surface area contributed by atoms with Crippen LogP contribution in [-0.2, 0) is 14.3 Å². The number of anilines is 6. The van der Waals surface area contributed by atoms with E-state index in [4.69, 9.17) is 4.74 Å². The maximum absolute atomic E-state index is 12.8. The minimum Gasteiger partial charge on any atom is -0.461 e. The molecular weight excluding hydrogens is 1410 g/mol. The summed E-state index contributed by atoms with van der Waals surface area (Å²) in [5.74, 6) is -0.656. The van der Waals surface area contributed by atoms with E-state index in [0.29, 0.717) is 26.2 Å². The van der Waals surface area contributed by atoms with Crippen LogP contribution in [0, 0.1) is 24.0 Å². The van der Waals surface area contributed by atoms with Gasteiger partial charge in [0.1, 0.15) is 34.6 Å². The summed E-state index contributed by atoms with van der Waals surface area (Å²) in [4.78, 5) is 108. The second kappa shape index (κ2) is 37.6. The summed E-state index contributed by atoms with van der Waals surface area (Å²) in [7, 11) is 0. The number of pyridine rings is 2. The van der Waals surface area contributed by atoms with E-state index >= 15 is 0 Å². The number of aliphatic imine (C=N–C) groups is 1. The maximum Gasteiger partial charge on any atom is 0.573 e. The van der Waals surface area contributed by atoms with Crippen molar-refractivity contribution < 1.29 is 96.9 Å². The van der Waals surface area contributed by atoms with Gasteiger partial charge in [-0.2, -0.15) is 4.99 Å². The lowest BCUT2D eigenvalue weighted by Gasteiger charge is -2.35. The summed E-state index contributed by atoms with van der Waals surface area (Å²) in [6.07, 6.45) is -9.29. The molecular formula is C60H58F9N15O13S3. The number of nitrogens with zero attached hydrogens (tertiary/aromatic N) is 10. The number of thiazole rings is 3. The molecule has 0 unspecified atom stereocenters. The van der Waals surface area contributed by atoms with Crippen molar-refractivity contribution in [2.45, 2.75) is 46.8 Å². The molecule has 2 aliphatic heterocycles. The van der Waals surface area contributed by atoms with Crippen molar-refractivity contribution in [3.8, 4) is 17.2 Å². The molecule has 0 spiro atoms. The first-order valence-corrected chi connectivity index (χ1v) is 31.6. The monoisotopic (exact) mass is 1460 g/mol. The normalized spacial score (nSPS) is 12.6. The van der Waals surface area contributed by atoms with Crippen LogP contribution >= 0.6 is 34.0 Å². The molecule has 28 nitrogen and oxygen atoms in total. The smallest absolute Gasteiger partial charge is 0.461 e. The minimum absolute atomic E-state index is 0.0152. The zero-order chi connectivity index (χ0) is 73.0. The fourth-order valence-corrected chi connectivity index (χ4v) is 9.93. The number of nitro groups is 1. The van der Waals surface area contributed by atoms with Gasteiger partial charge in [0.05, 0.1) is 24.3 Å². The average molecular weight is 1460 g/mol. The van der Waals surface area contributed by atoms with Gasteiger partial charge in [-0.05, 0) is 145 Å². The van der Waals surface area contributed by atoms with Crippen LogP contribution in [0.2, 0.25) is 0 Å². The Morgan fingerprint density at radius 2 is 0.960 bits per heavy atom. The van der Waals surface area contributed by atoms with Gasteiger partial charge in [-0.25, -0.2) is 43.9 Å². The molecule has 3 aromatic carbocycles. The summed E-state index contributed by atoms with van der Waals surface area (Å²) in [6, 6.07) is 20.7. The number of alkyl halides is 9. The number of isocyanates is 1. The largest absolute Gasteiger partial charge is 0.573 e. The highest BCUT2D eigenvalue weighted by Crippen LogP contribution is 2.29. The van der Waals surface area contributed by atoms with E-state index in [1.807, 2.05) is 31.5 Å². The number of carbonyl (C=O) groups excluding carboxylic acids is 6. The fourth-order valence-electron chi connectivity index (χ4n) is 7.97. The number of ether oxygens (including phenoxy) is 5. The highest BCUT2D eigenvalue weighted by molar-refractivity contribution is 7.14. The van der Waals surface area contributed by atoms with Crippen molar-refractivity contribution in [3.05, 3.63) is 164 Å². The van der Waals surface area contributed by atoms with E-state index in [-0.39, 0.29) is 74.4 Å². The Kier molecular flexibility index (Phi) is 29.3. The number of nitrogens with one attached hydrogen (secondary N) is 5. The number of hydrogen-bond acceptors (Lipinski definition) is 25. The number of hydrogen-bond donors (Lipinski definition) is 5. The number of rotatable bonds is 16. The number of urea groups is 2. The van der Waals surface area contributed by atoms with Crippen LogP contribution in [0.4, 0.5) is 93.2 Å². The lowest BCUT2D eigenvalue weighted by Crippen LogP contribution is -2.49. The van der Waals surface area contributed by atoms with Crippen LogP contribution in [0.5, 0.6) is 17.2 Å². The van der Waals surface area contributed by atoms with E-state index < -0.39 is 59.5 Å². The number of piperazine rings is 2. The zero-order valence-corrected chi connectivity index (χ0v) is 55.1. The Morgan fingerprint density at radius 1 is 0.560 bits per heavy atom. The van der Waals surface area contributed by atoms with E-state index in [1.54, 1.807) is 24.1 Å². The quantitative estimate of drug-likeness (QED) is 0.0150. The van der Waals surface area contributed by atoms with Crippen molar-refractivity contribution in [2.75, 3.05) is 96.6 Å². The number of benzene rings is 3. The summed E-state index contributed by atoms with van der Waals surface area (Å²) < 4.78 is 128. The van der Waals surface area contributed by atoms with Gasteiger partial charge in [0.2, 0.25) is 6.08 Å². The van der Waals surface area contributed by atoms with Crippen molar-refractivity contribution in [1.29, 1.82) is 0 Å². The van der Waals surface area contributed by atoms with E-state index in [2.05, 4.69) is 104 Å². The SMILES string of the molecule is CCOC(=O)c1csc(NC(=O)Nc2ccc(OC(F)(F)F)cc2)n1.CCOC(=O)c1csc([N+](=O)[O-])n1.Cc1ccc(N2CCN(C(=O)c3csc(NC(=O)Nc4ccc(OC(F)(F)F)cc4)n3)CC2)nc1.Cc1ccc(N2CCNCC2)nc1.O=C=Nc1ccc(OC(F)(F)F)cc1. The third kappa shape index (κ3) is 27.8. The third-order valence-corrected chi connectivity index (χ3v) is 14.7. The van der Waals surface area contributed by atoms with Crippen LogP contribution in [0.25, 0.3) is 0 Å². The third-order valence-electron chi connectivity index (χ3n) is 12.3. The number of carbonyl (C=O) groups is 5. The summed E-state index contributed by atoms with van der Waals surface area (Å²) >= 11 is 2.92. The molecule has 2 aliphatic rings. The number of esters is 2. The second-order valence-electron chi connectivity index (χ2n) is 19.7. The van der Waals surface area contributed by atoms with Crippen molar-refractivity contribution in [1.82, 2.24) is 35.1 Å². The fraction of sp³-hybridized carbons (Fsp3) is 0.283. The van der Waals surface area contributed by atoms with Crippen molar-refractivity contribution >= 4 is 114 Å². The first kappa shape index (κ1) is 77.9. The van der Waals surface area contributed by atoms with E-state index in [9.17, 15) is 78.4 Å². The molecule has 532 valence electrons. The first-order valence-electron chi connectivity index (χ1n) is 29.0. The molecule has 2 fully saturated rings. The number of aryl methyl sites for hydroxylation is 2. The lowest BCUT2D eigenvalue weighted by molar-refractivity contribution is -0.384. The molecule has 0 aliphatic carbocycles. The van der Waals surface area contributed by atoms with Crippen molar-refractivity contribution in [3.63, 3.8) is 0 Å².